The topological polar surface area (TPSA) is 37.3 Å². The number of carboxylic acids is 1. The Morgan fingerprint density at radius 2 is 1.29 bits per heavy atom. The minimum absolute atomic E-state index is 0.446. The first-order valence-electron chi connectivity index (χ1n) is 5.25. The van der Waals surface area contributed by atoms with Crippen molar-refractivity contribution < 1.29 is 9.90 Å². The minimum Gasteiger partial charge on any atom is -0.481 e. The van der Waals surface area contributed by atoms with Gasteiger partial charge in [-0.3, -0.25) is 4.79 Å². The Hall–Kier alpha value is -0.100. The zero-order chi connectivity index (χ0) is 11.8. The second kappa shape index (κ2) is 8.23. The van der Waals surface area contributed by atoms with Crippen LogP contribution in [-0.4, -0.2) is 29.6 Å². The molecule has 2 nitrogen and oxygen atoms in total. The van der Waals surface area contributed by atoms with E-state index in [4.69, 9.17) is 5.11 Å². The standard InChI is InChI=1S/C6H15P.C5H10O2/c1-4-7(5-2)6-3;1-5(2,3)4(6)7/h4-6H2,1-3H3;1-3H3,(H,6,7). The predicted molar refractivity (Wildman–Crippen MR) is 65.6 cm³/mol. The van der Waals surface area contributed by atoms with Crippen molar-refractivity contribution in [1.29, 1.82) is 0 Å². The van der Waals surface area contributed by atoms with E-state index in [1.165, 1.54) is 18.5 Å². The fourth-order valence-electron chi connectivity index (χ4n) is 0.671. The molecule has 86 valence electrons. The van der Waals surface area contributed by atoms with Crippen molar-refractivity contribution in [3.05, 3.63) is 0 Å². The lowest BCUT2D eigenvalue weighted by atomic mass is 9.98. The lowest BCUT2D eigenvalue weighted by molar-refractivity contribution is -0.145. The molecule has 14 heavy (non-hydrogen) atoms. The highest BCUT2D eigenvalue weighted by Gasteiger charge is 2.18. The molecule has 0 aromatic carbocycles. The summed E-state index contributed by atoms with van der Waals surface area (Å²) < 4.78 is 0. The molecule has 0 bridgehead atoms. The fourth-order valence-corrected chi connectivity index (χ4v) is 2.01. The summed E-state index contributed by atoms with van der Waals surface area (Å²) in [5.74, 6) is -0.757. The third-order valence-electron chi connectivity index (χ3n) is 1.98. The van der Waals surface area contributed by atoms with Crippen molar-refractivity contribution in [2.45, 2.75) is 41.5 Å². The molecule has 0 rings (SSSR count). The summed E-state index contributed by atoms with van der Waals surface area (Å²) in [7, 11) is 0.446. The molecule has 0 unspecified atom stereocenters. The monoisotopic (exact) mass is 220 g/mol. The number of carboxylic acid groups (broad SMARTS) is 1. The van der Waals surface area contributed by atoms with Crippen LogP contribution >= 0.6 is 7.92 Å². The van der Waals surface area contributed by atoms with Gasteiger partial charge in [-0.05, 0) is 39.3 Å². The van der Waals surface area contributed by atoms with Crippen molar-refractivity contribution in [2.75, 3.05) is 18.5 Å². The third-order valence-corrected chi connectivity index (χ3v) is 4.67. The molecule has 0 aliphatic rings. The van der Waals surface area contributed by atoms with Crippen LogP contribution in [0.1, 0.15) is 41.5 Å². The van der Waals surface area contributed by atoms with Gasteiger partial charge in [0, 0.05) is 0 Å². The third kappa shape index (κ3) is 9.98. The average molecular weight is 220 g/mol. The van der Waals surface area contributed by atoms with Gasteiger partial charge in [0.2, 0.25) is 0 Å². The van der Waals surface area contributed by atoms with Crippen LogP contribution in [0.25, 0.3) is 0 Å². The van der Waals surface area contributed by atoms with E-state index in [0.29, 0.717) is 7.92 Å². The number of hydrogen-bond donors (Lipinski definition) is 1. The highest BCUT2D eigenvalue weighted by atomic mass is 31.1. The molecular weight excluding hydrogens is 195 g/mol. The Morgan fingerprint density at radius 1 is 1.07 bits per heavy atom. The Labute approximate surface area is 89.8 Å². The predicted octanol–water partition coefficient (Wildman–Crippen LogP) is 3.65. The quantitative estimate of drug-likeness (QED) is 0.737. The molecule has 0 radical (unpaired) electrons. The van der Waals surface area contributed by atoms with Gasteiger partial charge in [-0.15, -0.1) is 7.92 Å². The highest BCUT2D eigenvalue weighted by Crippen LogP contribution is 2.32. The molecule has 0 heterocycles. The maximum absolute atomic E-state index is 10.0. The van der Waals surface area contributed by atoms with Crippen LogP contribution in [0.4, 0.5) is 0 Å². The lowest BCUT2D eigenvalue weighted by Crippen LogP contribution is -2.18. The molecule has 0 aromatic heterocycles. The first-order chi connectivity index (χ1) is 6.29. The van der Waals surface area contributed by atoms with Crippen LogP contribution in [0.15, 0.2) is 0 Å². The van der Waals surface area contributed by atoms with E-state index in [-0.39, 0.29) is 0 Å². The summed E-state index contributed by atoms with van der Waals surface area (Å²) in [4.78, 5) is 10.0. The maximum atomic E-state index is 10.0. The van der Waals surface area contributed by atoms with Gasteiger partial charge in [0.1, 0.15) is 0 Å². The van der Waals surface area contributed by atoms with Crippen LogP contribution in [0.3, 0.4) is 0 Å². The van der Waals surface area contributed by atoms with E-state index in [9.17, 15) is 4.79 Å². The minimum atomic E-state index is -0.757. The van der Waals surface area contributed by atoms with Crippen molar-refractivity contribution in [3.63, 3.8) is 0 Å². The van der Waals surface area contributed by atoms with E-state index < -0.39 is 11.4 Å². The van der Waals surface area contributed by atoms with Crippen molar-refractivity contribution >= 4 is 13.9 Å². The Balaban J connectivity index is 0. The first kappa shape index (κ1) is 16.3. The van der Waals surface area contributed by atoms with Gasteiger partial charge >= 0.3 is 5.97 Å². The second-order valence-electron chi connectivity index (χ2n) is 4.17. The molecule has 0 amide bonds. The van der Waals surface area contributed by atoms with Gasteiger partial charge in [0.25, 0.3) is 0 Å². The van der Waals surface area contributed by atoms with E-state index in [1.54, 1.807) is 20.8 Å². The molecular formula is C11H25O2P. The van der Waals surface area contributed by atoms with Crippen LogP contribution in [0.5, 0.6) is 0 Å². The first-order valence-corrected chi connectivity index (χ1v) is 7.15. The van der Waals surface area contributed by atoms with Gasteiger partial charge in [-0.1, -0.05) is 20.8 Å². The van der Waals surface area contributed by atoms with Crippen LogP contribution in [-0.2, 0) is 4.79 Å². The zero-order valence-electron chi connectivity index (χ0n) is 10.4. The summed E-state index contributed by atoms with van der Waals surface area (Å²) in [5, 5.41) is 8.25. The van der Waals surface area contributed by atoms with E-state index >= 15 is 0 Å². The summed E-state index contributed by atoms with van der Waals surface area (Å²) in [6.07, 6.45) is 4.26. The van der Waals surface area contributed by atoms with Crippen LogP contribution < -0.4 is 0 Å². The summed E-state index contributed by atoms with van der Waals surface area (Å²) >= 11 is 0. The molecule has 1 N–H and O–H groups in total. The fraction of sp³-hybridized carbons (Fsp3) is 0.909. The van der Waals surface area contributed by atoms with Gasteiger partial charge in [0.05, 0.1) is 5.41 Å². The highest BCUT2D eigenvalue weighted by molar-refractivity contribution is 7.57. The lowest BCUT2D eigenvalue weighted by Gasteiger charge is -2.08. The molecule has 0 aliphatic carbocycles. The van der Waals surface area contributed by atoms with E-state index in [1.807, 2.05) is 0 Å². The molecule has 0 fully saturated rings. The second-order valence-corrected chi connectivity index (χ2v) is 7.41. The molecule has 0 atom stereocenters. The number of aliphatic carboxylic acids is 1. The van der Waals surface area contributed by atoms with Gasteiger partial charge in [-0.2, -0.15) is 0 Å². The molecule has 0 aromatic rings. The summed E-state index contributed by atoms with van der Waals surface area (Å²) in [6.45, 7) is 11.9. The number of carbonyl (C=O) groups is 1. The summed E-state index contributed by atoms with van der Waals surface area (Å²) in [6, 6.07) is 0. The molecule has 0 saturated carbocycles. The molecule has 3 heteroatoms. The van der Waals surface area contributed by atoms with Gasteiger partial charge in [-0.25, -0.2) is 0 Å². The van der Waals surface area contributed by atoms with Crippen molar-refractivity contribution in [3.8, 4) is 0 Å². The Bertz CT molecular complexity index is 140. The normalized spacial score (nSPS) is 10.8. The smallest absolute Gasteiger partial charge is 0.308 e. The number of rotatable bonds is 3. The van der Waals surface area contributed by atoms with Gasteiger partial charge in [0.15, 0.2) is 0 Å². The molecule has 0 saturated heterocycles. The van der Waals surface area contributed by atoms with Crippen molar-refractivity contribution in [1.82, 2.24) is 0 Å². The van der Waals surface area contributed by atoms with Crippen LogP contribution in [0.2, 0.25) is 0 Å². The van der Waals surface area contributed by atoms with E-state index in [2.05, 4.69) is 20.8 Å². The maximum Gasteiger partial charge on any atom is 0.308 e. The van der Waals surface area contributed by atoms with E-state index in [0.717, 1.165) is 0 Å². The van der Waals surface area contributed by atoms with Crippen LogP contribution in [0, 0.1) is 5.41 Å². The number of hydrogen-bond acceptors (Lipinski definition) is 1. The van der Waals surface area contributed by atoms with Gasteiger partial charge < -0.3 is 5.11 Å². The zero-order valence-corrected chi connectivity index (χ0v) is 11.3. The molecule has 0 aliphatic heterocycles. The molecule has 0 spiro atoms. The SMILES string of the molecule is CC(C)(C)C(=O)O.CCP(CC)CC. The summed E-state index contributed by atoms with van der Waals surface area (Å²) in [5.41, 5.74) is -0.583. The Morgan fingerprint density at radius 3 is 1.29 bits per heavy atom. The Kier molecular flexibility index (Phi) is 9.60. The largest absolute Gasteiger partial charge is 0.481 e. The van der Waals surface area contributed by atoms with Crippen molar-refractivity contribution in [2.24, 2.45) is 5.41 Å². The average Bonchev–Trinajstić information content (AvgIpc) is 2.07.